The van der Waals surface area contributed by atoms with Crippen LogP contribution in [0.15, 0.2) is 36.1 Å². The molecule has 0 saturated heterocycles. The van der Waals surface area contributed by atoms with Crippen LogP contribution in [0.25, 0.3) is 16.7 Å². The molecule has 0 aromatic heterocycles. The molecule has 3 aliphatic carbocycles. The monoisotopic (exact) mass is 430 g/mol. The first-order valence-electron chi connectivity index (χ1n) is 10.6. The molecule has 5 heteroatoms. The van der Waals surface area contributed by atoms with Crippen LogP contribution in [-0.2, 0) is 11.2 Å². The molecule has 1 N–H and O–H groups in total. The van der Waals surface area contributed by atoms with E-state index in [1.54, 1.807) is 18.2 Å². The van der Waals surface area contributed by atoms with Crippen LogP contribution in [0.3, 0.4) is 0 Å². The van der Waals surface area contributed by atoms with Crippen LogP contribution in [0, 0.1) is 23.5 Å². The fourth-order valence-electron chi connectivity index (χ4n) is 4.94. The van der Waals surface area contributed by atoms with Crippen LogP contribution >= 0.6 is 11.6 Å². The Morgan fingerprint density at radius 1 is 1.00 bits per heavy atom. The second-order valence-corrected chi connectivity index (χ2v) is 8.95. The van der Waals surface area contributed by atoms with Crippen LogP contribution in [0.5, 0.6) is 0 Å². The molecule has 0 heterocycles. The third-order valence-corrected chi connectivity index (χ3v) is 6.76. The van der Waals surface area contributed by atoms with E-state index in [0.717, 1.165) is 43.4 Å². The van der Waals surface area contributed by atoms with E-state index in [9.17, 15) is 18.7 Å². The lowest BCUT2D eigenvalue weighted by atomic mass is 9.79. The molecule has 0 aliphatic heterocycles. The van der Waals surface area contributed by atoms with Gasteiger partial charge in [-0.1, -0.05) is 30.7 Å². The summed E-state index contributed by atoms with van der Waals surface area (Å²) < 4.78 is 29.1. The minimum atomic E-state index is -0.757. The predicted molar refractivity (Wildman–Crippen MR) is 115 cm³/mol. The first kappa shape index (κ1) is 21.0. The number of halogens is 3. The molecule has 0 amide bonds. The van der Waals surface area contributed by atoms with E-state index in [0.29, 0.717) is 47.8 Å². The van der Waals surface area contributed by atoms with Crippen molar-refractivity contribution in [3.63, 3.8) is 0 Å². The lowest BCUT2D eigenvalue weighted by molar-refractivity contribution is -0.114. The van der Waals surface area contributed by atoms with Crippen molar-refractivity contribution < 1.29 is 18.7 Å². The van der Waals surface area contributed by atoms with Gasteiger partial charge in [0.1, 0.15) is 17.4 Å². The summed E-state index contributed by atoms with van der Waals surface area (Å²) in [5.41, 5.74) is 1.91. The number of fused-ring (bicyclic) bond motifs is 5. The van der Waals surface area contributed by atoms with Crippen LogP contribution in [0.1, 0.15) is 56.6 Å². The maximum Gasteiger partial charge on any atom is 0.167 e. The molecule has 1 fully saturated rings. The molecule has 2 nitrogen and oxygen atoms in total. The second-order valence-electron chi connectivity index (χ2n) is 8.51. The van der Waals surface area contributed by atoms with E-state index in [4.69, 9.17) is 11.6 Å². The van der Waals surface area contributed by atoms with Gasteiger partial charge >= 0.3 is 0 Å². The highest BCUT2D eigenvalue weighted by molar-refractivity contribution is 6.30. The van der Waals surface area contributed by atoms with Crippen molar-refractivity contribution in [2.45, 2.75) is 51.9 Å². The minimum Gasteiger partial charge on any atom is -0.512 e. The second kappa shape index (κ2) is 8.50. The Morgan fingerprint density at radius 3 is 2.20 bits per heavy atom. The third kappa shape index (κ3) is 4.02. The van der Waals surface area contributed by atoms with E-state index < -0.39 is 11.6 Å². The average molecular weight is 431 g/mol. The quantitative estimate of drug-likeness (QED) is 0.555. The number of aryl methyl sites for hydroxylation is 1. The summed E-state index contributed by atoms with van der Waals surface area (Å²) in [6.45, 7) is 1.96. The SMILES string of the molecule is CCc1ccc(-c2c(F)cc(Cl)cc2F)cc1C1=C(O)CC2CCC(CC2)CC1=O. The zero-order chi connectivity index (χ0) is 21.4. The van der Waals surface area contributed by atoms with Gasteiger partial charge in [-0.05, 0) is 78.8 Å². The first-order chi connectivity index (χ1) is 14.4. The third-order valence-electron chi connectivity index (χ3n) is 6.55. The summed E-state index contributed by atoms with van der Waals surface area (Å²) in [5.74, 6) is -0.768. The number of rotatable bonds is 3. The highest BCUT2D eigenvalue weighted by Gasteiger charge is 2.31. The van der Waals surface area contributed by atoms with Crippen molar-refractivity contribution in [3.8, 4) is 11.1 Å². The Labute approximate surface area is 180 Å². The highest BCUT2D eigenvalue weighted by Crippen LogP contribution is 2.41. The fourth-order valence-corrected chi connectivity index (χ4v) is 5.13. The fraction of sp³-hybridized carbons (Fsp3) is 0.400. The lowest BCUT2D eigenvalue weighted by Gasteiger charge is -2.26. The van der Waals surface area contributed by atoms with Gasteiger partial charge in [-0.15, -0.1) is 0 Å². The summed E-state index contributed by atoms with van der Waals surface area (Å²) in [6, 6.07) is 7.23. The number of allylic oxidation sites excluding steroid dienone is 2. The van der Waals surface area contributed by atoms with Crippen LogP contribution in [0.2, 0.25) is 5.02 Å². The standard InChI is InChI=1S/C25H25ClF2O2/c1-2-16-7-8-17(24-20(27)12-18(26)13-21(24)28)11-19(16)25-22(29)9-14-3-4-15(6-5-14)10-23(25)30/h7-8,11-15,29H,2-6,9-10H2,1H3. The zero-order valence-corrected chi connectivity index (χ0v) is 17.7. The van der Waals surface area contributed by atoms with Crippen LogP contribution < -0.4 is 0 Å². The van der Waals surface area contributed by atoms with Gasteiger partial charge in [0.2, 0.25) is 0 Å². The summed E-state index contributed by atoms with van der Waals surface area (Å²) in [7, 11) is 0. The van der Waals surface area contributed by atoms with Gasteiger partial charge in [-0.3, -0.25) is 4.79 Å². The topological polar surface area (TPSA) is 37.3 Å². The molecule has 2 aromatic carbocycles. The number of aliphatic hydroxyl groups is 1. The summed E-state index contributed by atoms with van der Waals surface area (Å²) >= 11 is 5.77. The Balaban J connectivity index is 1.87. The summed E-state index contributed by atoms with van der Waals surface area (Å²) in [6.07, 6.45) is 5.60. The van der Waals surface area contributed by atoms with E-state index in [1.807, 2.05) is 6.92 Å². The first-order valence-corrected chi connectivity index (χ1v) is 11.0. The van der Waals surface area contributed by atoms with E-state index >= 15 is 0 Å². The van der Waals surface area contributed by atoms with Crippen molar-refractivity contribution in [3.05, 3.63) is 63.9 Å². The van der Waals surface area contributed by atoms with E-state index in [2.05, 4.69) is 0 Å². The molecule has 2 bridgehead atoms. The van der Waals surface area contributed by atoms with Gasteiger partial charge in [0.25, 0.3) is 0 Å². The van der Waals surface area contributed by atoms with Crippen molar-refractivity contribution in [1.29, 1.82) is 0 Å². The van der Waals surface area contributed by atoms with Gasteiger partial charge in [-0.2, -0.15) is 0 Å². The highest BCUT2D eigenvalue weighted by atomic mass is 35.5. The molecule has 1 saturated carbocycles. The van der Waals surface area contributed by atoms with E-state index in [-0.39, 0.29) is 22.1 Å². The van der Waals surface area contributed by atoms with Crippen molar-refractivity contribution in [2.24, 2.45) is 11.8 Å². The van der Waals surface area contributed by atoms with Crippen LogP contribution in [0.4, 0.5) is 8.78 Å². The molecule has 5 rings (SSSR count). The zero-order valence-electron chi connectivity index (χ0n) is 17.0. The Bertz CT molecular complexity index is 997. The molecule has 0 unspecified atom stereocenters. The minimum absolute atomic E-state index is 0.0126. The molecule has 30 heavy (non-hydrogen) atoms. The number of hydrogen-bond donors (Lipinski definition) is 1. The Hall–Kier alpha value is -2.20. The normalized spacial score (nSPS) is 22.1. The number of hydrogen-bond acceptors (Lipinski definition) is 2. The molecule has 0 atom stereocenters. The Kier molecular flexibility index (Phi) is 5.97. The van der Waals surface area contributed by atoms with Crippen molar-refractivity contribution in [1.82, 2.24) is 0 Å². The van der Waals surface area contributed by atoms with Crippen LogP contribution in [-0.4, -0.2) is 10.9 Å². The number of Topliss-reactive ketones (excluding diaryl/α,β-unsaturated/α-hetero) is 1. The maximum absolute atomic E-state index is 14.5. The largest absolute Gasteiger partial charge is 0.512 e. The van der Waals surface area contributed by atoms with Crippen molar-refractivity contribution in [2.75, 3.05) is 0 Å². The van der Waals surface area contributed by atoms with Crippen molar-refractivity contribution >= 4 is 23.0 Å². The summed E-state index contributed by atoms with van der Waals surface area (Å²) in [4.78, 5) is 13.2. The number of benzene rings is 2. The van der Waals surface area contributed by atoms with Gasteiger partial charge < -0.3 is 5.11 Å². The molecule has 0 spiro atoms. The number of carbonyl (C=O) groups is 1. The maximum atomic E-state index is 14.5. The molecular formula is C25H25ClF2O2. The molecule has 3 aliphatic rings. The number of aliphatic hydroxyl groups excluding tert-OH is 1. The molecule has 2 aromatic rings. The lowest BCUT2D eigenvalue weighted by Crippen LogP contribution is -2.15. The van der Waals surface area contributed by atoms with Gasteiger partial charge in [0.15, 0.2) is 5.78 Å². The van der Waals surface area contributed by atoms with Gasteiger partial charge in [0.05, 0.1) is 11.1 Å². The van der Waals surface area contributed by atoms with Gasteiger partial charge in [0, 0.05) is 17.9 Å². The molecule has 158 valence electrons. The molecule has 0 radical (unpaired) electrons. The summed E-state index contributed by atoms with van der Waals surface area (Å²) in [5, 5.41) is 11.0. The Morgan fingerprint density at radius 2 is 1.60 bits per heavy atom. The number of carbonyl (C=O) groups excluding carboxylic acids is 1. The van der Waals surface area contributed by atoms with Gasteiger partial charge in [-0.25, -0.2) is 8.78 Å². The smallest absolute Gasteiger partial charge is 0.167 e. The number of ketones is 1. The van der Waals surface area contributed by atoms with E-state index in [1.165, 1.54) is 0 Å². The predicted octanol–water partition coefficient (Wildman–Crippen LogP) is 7.29. The molecular weight excluding hydrogens is 406 g/mol. The average Bonchev–Trinajstić information content (AvgIpc) is 2.78.